The van der Waals surface area contributed by atoms with Crippen molar-refractivity contribution in [2.45, 2.75) is 19.9 Å². The molecule has 0 amide bonds. The van der Waals surface area contributed by atoms with Crippen LogP contribution in [0.4, 0.5) is 0 Å². The van der Waals surface area contributed by atoms with Crippen LogP contribution in [0.1, 0.15) is 26.9 Å². The van der Waals surface area contributed by atoms with Crippen molar-refractivity contribution in [2.24, 2.45) is 0 Å². The Morgan fingerprint density at radius 1 is 1.15 bits per heavy atom. The van der Waals surface area contributed by atoms with Crippen LogP contribution in [0.2, 0.25) is 0 Å². The van der Waals surface area contributed by atoms with E-state index in [2.05, 4.69) is 48.4 Å². The molecule has 1 aromatic carbocycles. The summed E-state index contributed by atoms with van der Waals surface area (Å²) in [7, 11) is 2.00. The highest BCUT2D eigenvalue weighted by Crippen LogP contribution is 2.31. The summed E-state index contributed by atoms with van der Waals surface area (Å²) in [6.45, 7) is 4.34. The molecule has 3 heteroatoms. The van der Waals surface area contributed by atoms with E-state index >= 15 is 0 Å². The van der Waals surface area contributed by atoms with Crippen LogP contribution in [0.25, 0.3) is 10.9 Å². The zero-order valence-electron chi connectivity index (χ0n) is 12.0. The fourth-order valence-electron chi connectivity index (χ4n) is 2.46. The fourth-order valence-corrected chi connectivity index (χ4v) is 3.64. The van der Waals surface area contributed by atoms with E-state index in [9.17, 15) is 0 Å². The Labute approximate surface area is 123 Å². The number of aromatic nitrogens is 1. The molecule has 0 fully saturated rings. The minimum absolute atomic E-state index is 0.213. The third kappa shape index (κ3) is 2.35. The molecule has 0 radical (unpaired) electrons. The van der Waals surface area contributed by atoms with Gasteiger partial charge in [-0.2, -0.15) is 0 Å². The average molecular weight is 282 g/mol. The van der Waals surface area contributed by atoms with E-state index in [1.165, 1.54) is 26.3 Å². The van der Waals surface area contributed by atoms with Crippen LogP contribution in [0.5, 0.6) is 0 Å². The molecular weight excluding hydrogens is 264 g/mol. The number of aryl methyl sites for hydroxylation is 2. The van der Waals surface area contributed by atoms with Gasteiger partial charge in [-0.25, -0.2) is 0 Å². The molecule has 2 aromatic heterocycles. The number of thiophene rings is 1. The molecule has 20 heavy (non-hydrogen) atoms. The number of hydrogen-bond donors (Lipinski definition) is 1. The third-order valence-electron chi connectivity index (χ3n) is 3.70. The molecule has 3 rings (SSSR count). The SMILES string of the molecule is CNC(c1cnc2ccccc2c1)c1cc(C)c(C)s1. The van der Waals surface area contributed by atoms with E-state index in [-0.39, 0.29) is 6.04 Å². The van der Waals surface area contributed by atoms with Gasteiger partial charge >= 0.3 is 0 Å². The van der Waals surface area contributed by atoms with Gasteiger partial charge in [0.2, 0.25) is 0 Å². The second-order valence-electron chi connectivity index (χ2n) is 5.07. The van der Waals surface area contributed by atoms with Crippen LogP contribution in [0.3, 0.4) is 0 Å². The number of pyridine rings is 1. The van der Waals surface area contributed by atoms with Crippen LogP contribution < -0.4 is 5.32 Å². The number of benzene rings is 1. The van der Waals surface area contributed by atoms with Gasteiger partial charge in [0.05, 0.1) is 11.6 Å². The van der Waals surface area contributed by atoms with Crippen LogP contribution in [-0.4, -0.2) is 12.0 Å². The summed E-state index contributed by atoms with van der Waals surface area (Å²) in [5.74, 6) is 0. The Hall–Kier alpha value is -1.71. The first-order valence-electron chi connectivity index (χ1n) is 6.78. The van der Waals surface area contributed by atoms with Crippen molar-refractivity contribution in [1.82, 2.24) is 10.3 Å². The molecule has 2 heterocycles. The lowest BCUT2D eigenvalue weighted by molar-refractivity contribution is 0.702. The van der Waals surface area contributed by atoms with Gasteiger partial charge in [0.1, 0.15) is 0 Å². The highest BCUT2D eigenvalue weighted by atomic mass is 32.1. The maximum Gasteiger partial charge on any atom is 0.0702 e. The molecule has 0 spiro atoms. The molecule has 0 aliphatic rings. The monoisotopic (exact) mass is 282 g/mol. The van der Waals surface area contributed by atoms with E-state index in [0.29, 0.717) is 0 Å². The number of fused-ring (bicyclic) bond motifs is 1. The number of rotatable bonds is 3. The van der Waals surface area contributed by atoms with Crippen molar-refractivity contribution >= 4 is 22.2 Å². The summed E-state index contributed by atoms with van der Waals surface area (Å²) in [5, 5.41) is 4.60. The quantitative estimate of drug-likeness (QED) is 0.778. The molecule has 0 saturated heterocycles. The fraction of sp³-hybridized carbons (Fsp3) is 0.235. The summed E-state index contributed by atoms with van der Waals surface area (Å²) >= 11 is 1.86. The molecule has 0 bridgehead atoms. The van der Waals surface area contributed by atoms with E-state index in [1.54, 1.807) is 0 Å². The van der Waals surface area contributed by atoms with Gasteiger partial charge in [-0.3, -0.25) is 4.98 Å². The molecular formula is C17H18N2S. The second kappa shape index (κ2) is 5.35. The zero-order chi connectivity index (χ0) is 14.1. The summed E-state index contributed by atoms with van der Waals surface area (Å²) in [4.78, 5) is 7.30. The van der Waals surface area contributed by atoms with E-state index < -0.39 is 0 Å². The smallest absolute Gasteiger partial charge is 0.0702 e. The second-order valence-corrected chi connectivity index (χ2v) is 6.36. The maximum absolute atomic E-state index is 4.57. The van der Waals surface area contributed by atoms with E-state index in [4.69, 9.17) is 0 Å². The van der Waals surface area contributed by atoms with Crippen molar-refractivity contribution in [1.29, 1.82) is 0 Å². The first-order valence-corrected chi connectivity index (χ1v) is 7.59. The molecule has 102 valence electrons. The lowest BCUT2D eigenvalue weighted by Gasteiger charge is -2.15. The third-order valence-corrected chi connectivity index (χ3v) is 4.92. The van der Waals surface area contributed by atoms with Gasteiger partial charge in [0, 0.05) is 21.3 Å². The first-order chi connectivity index (χ1) is 9.69. The lowest BCUT2D eigenvalue weighted by Crippen LogP contribution is -2.16. The predicted octanol–water partition coefficient (Wildman–Crippen LogP) is 4.22. The molecule has 0 saturated carbocycles. The summed E-state index contributed by atoms with van der Waals surface area (Å²) in [5.41, 5.74) is 3.62. The van der Waals surface area contributed by atoms with Crippen LogP contribution in [0, 0.1) is 13.8 Å². The standard InChI is InChI=1S/C17H18N2S/c1-11-8-16(20-12(11)2)17(18-3)14-9-13-6-4-5-7-15(13)19-10-14/h4-10,17-18H,1-3H3. The molecule has 1 atom stereocenters. The Kier molecular flexibility index (Phi) is 3.55. The minimum atomic E-state index is 0.213. The van der Waals surface area contributed by atoms with Gasteiger partial charge in [0.15, 0.2) is 0 Å². The number of nitrogens with one attached hydrogen (secondary N) is 1. The maximum atomic E-state index is 4.57. The summed E-state index contributed by atoms with van der Waals surface area (Å²) in [6, 6.07) is 13.0. The van der Waals surface area contributed by atoms with Crippen molar-refractivity contribution in [3.63, 3.8) is 0 Å². The largest absolute Gasteiger partial charge is 0.309 e. The molecule has 1 N–H and O–H groups in total. The van der Waals surface area contributed by atoms with Gasteiger partial charge < -0.3 is 5.32 Å². The number of para-hydroxylation sites is 1. The van der Waals surface area contributed by atoms with Gasteiger partial charge in [-0.05, 0) is 50.2 Å². The van der Waals surface area contributed by atoms with E-state index in [0.717, 1.165) is 5.52 Å². The Bertz CT molecular complexity index is 726. The van der Waals surface area contributed by atoms with Crippen LogP contribution in [0.15, 0.2) is 42.6 Å². The van der Waals surface area contributed by atoms with Crippen LogP contribution in [-0.2, 0) is 0 Å². The summed E-state index contributed by atoms with van der Waals surface area (Å²) < 4.78 is 0. The van der Waals surface area contributed by atoms with Crippen molar-refractivity contribution in [3.05, 3.63) is 63.5 Å². The minimum Gasteiger partial charge on any atom is -0.309 e. The van der Waals surface area contributed by atoms with Crippen molar-refractivity contribution in [3.8, 4) is 0 Å². The Morgan fingerprint density at radius 2 is 1.95 bits per heavy atom. The Balaban J connectivity index is 2.06. The topological polar surface area (TPSA) is 24.9 Å². The van der Waals surface area contributed by atoms with Gasteiger partial charge in [-0.15, -0.1) is 11.3 Å². The molecule has 0 aliphatic heterocycles. The zero-order valence-corrected chi connectivity index (χ0v) is 12.8. The lowest BCUT2D eigenvalue weighted by atomic mass is 10.0. The van der Waals surface area contributed by atoms with Gasteiger partial charge in [0.25, 0.3) is 0 Å². The van der Waals surface area contributed by atoms with Crippen molar-refractivity contribution < 1.29 is 0 Å². The first kappa shape index (κ1) is 13.3. The Morgan fingerprint density at radius 3 is 2.65 bits per heavy atom. The number of nitrogens with zero attached hydrogens (tertiary/aromatic N) is 1. The summed E-state index contributed by atoms with van der Waals surface area (Å²) in [6.07, 6.45) is 1.98. The van der Waals surface area contributed by atoms with Crippen molar-refractivity contribution in [2.75, 3.05) is 7.05 Å². The highest BCUT2D eigenvalue weighted by Gasteiger charge is 2.16. The molecule has 2 nitrogen and oxygen atoms in total. The van der Waals surface area contributed by atoms with E-state index in [1.807, 2.05) is 36.7 Å². The molecule has 0 aliphatic carbocycles. The van der Waals surface area contributed by atoms with Gasteiger partial charge in [-0.1, -0.05) is 18.2 Å². The predicted molar refractivity (Wildman–Crippen MR) is 86.4 cm³/mol. The normalized spacial score (nSPS) is 12.8. The number of hydrogen-bond acceptors (Lipinski definition) is 3. The average Bonchev–Trinajstić information content (AvgIpc) is 2.79. The molecule has 1 unspecified atom stereocenters. The highest BCUT2D eigenvalue weighted by molar-refractivity contribution is 7.12. The van der Waals surface area contributed by atoms with Crippen LogP contribution >= 0.6 is 11.3 Å². The molecule has 3 aromatic rings.